The number of aliphatic hydroxyl groups is 1. The van der Waals surface area contributed by atoms with E-state index in [-0.39, 0.29) is 5.02 Å². The van der Waals surface area contributed by atoms with E-state index in [1.165, 1.54) is 19.1 Å². The van der Waals surface area contributed by atoms with Crippen molar-refractivity contribution >= 4 is 17.7 Å². The Balaban J connectivity index is 3.12. The fourth-order valence-electron chi connectivity index (χ4n) is 1.28. The number of nitrogens with one attached hydrogen (secondary N) is 1. The molecule has 0 saturated heterocycles. The monoisotopic (exact) mass is 247 g/mol. The van der Waals surface area contributed by atoms with Crippen LogP contribution in [0.3, 0.4) is 0 Å². The molecule has 0 aliphatic carbocycles. The summed E-state index contributed by atoms with van der Waals surface area (Å²) in [6.45, 7) is 1.02. The largest absolute Gasteiger partial charge is 0.465 e. The highest BCUT2D eigenvalue weighted by Crippen LogP contribution is 2.25. The van der Waals surface area contributed by atoms with Crippen molar-refractivity contribution in [3.8, 4) is 0 Å². The van der Waals surface area contributed by atoms with Gasteiger partial charge in [0.15, 0.2) is 0 Å². The average molecular weight is 248 g/mol. The normalized spacial score (nSPS) is 14.2. The zero-order valence-electron chi connectivity index (χ0n) is 8.50. The number of halogens is 2. The van der Waals surface area contributed by atoms with Gasteiger partial charge < -0.3 is 15.5 Å². The van der Waals surface area contributed by atoms with Gasteiger partial charge in [0.2, 0.25) is 0 Å². The Bertz CT molecular complexity index is 413. The minimum absolute atomic E-state index is 0.121. The molecule has 0 bridgehead atoms. The van der Waals surface area contributed by atoms with Gasteiger partial charge in [-0.3, -0.25) is 0 Å². The van der Waals surface area contributed by atoms with Gasteiger partial charge in [0, 0.05) is 0 Å². The molecule has 16 heavy (non-hydrogen) atoms. The van der Waals surface area contributed by atoms with E-state index in [2.05, 4.69) is 5.32 Å². The van der Waals surface area contributed by atoms with Crippen LogP contribution in [-0.4, -0.2) is 22.9 Å². The SMILES string of the molecule is CC(CO)(NC(=O)O)c1ccc(F)c(Cl)c1. The number of hydrogen-bond acceptors (Lipinski definition) is 2. The summed E-state index contributed by atoms with van der Waals surface area (Å²) in [6, 6.07) is 3.77. The molecule has 0 fully saturated rings. The molecule has 0 aromatic heterocycles. The molecule has 1 aromatic rings. The second-order valence-corrected chi connectivity index (χ2v) is 3.96. The molecule has 1 aromatic carbocycles. The molecule has 1 amide bonds. The summed E-state index contributed by atoms with van der Waals surface area (Å²) in [6.07, 6.45) is -1.28. The van der Waals surface area contributed by atoms with Crippen molar-refractivity contribution in [1.82, 2.24) is 5.32 Å². The van der Waals surface area contributed by atoms with Gasteiger partial charge in [0.05, 0.1) is 17.2 Å². The van der Waals surface area contributed by atoms with Gasteiger partial charge >= 0.3 is 6.09 Å². The first-order valence-corrected chi connectivity index (χ1v) is 4.84. The number of benzene rings is 1. The molecule has 0 aliphatic rings. The summed E-state index contributed by atoms with van der Waals surface area (Å²) in [7, 11) is 0. The molecule has 0 heterocycles. The van der Waals surface area contributed by atoms with Crippen molar-refractivity contribution in [2.75, 3.05) is 6.61 Å². The lowest BCUT2D eigenvalue weighted by Gasteiger charge is -2.27. The van der Waals surface area contributed by atoms with Crippen molar-refractivity contribution in [2.45, 2.75) is 12.5 Å². The smallest absolute Gasteiger partial charge is 0.405 e. The van der Waals surface area contributed by atoms with Gasteiger partial charge in [-0.15, -0.1) is 0 Å². The van der Waals surface area contributed by atoms with Gasteiger partial charge in [-0.25, -0.2) is 9.18 Å². The average Bonchev–Trinajstić information content (AvgIpc) is 2.21. The summed E-state index contributed by atoms with van der Waals surface area (Å²) < 4.78 is 12.9. The minimum atomic E-state index is -1.28. The van der Waals surface area contributed by atoms with Gasteiger partial charge in [-0.05, 0) is 24.6 Å². The highest BCUT2D eigenvalue weighted by atomic mass is 35.5. The Morgan fingerprint density at radius 1 is 1.62 bits per heavy atom. The summed E-state index contributed by atoms with van der Waals surface area (Å²) in [5, 5.41) is 19.9. The zero-order chi connectivity index (χ0) is 12.3. The number of rotatable bonds is 3. The minimum Gasteiger partial charge on any atom is -0.465 e. The predicted octanol–water partition coefficient (Wildman–Crippen LogP) is 1.95. The summed E-state index contributed by atoms with van der Waals surface area (Å²) >= 11 is 5.58. The van der Waals surface area contributed by atoms with Crippen molar-refractivity contribution in [1.29, 1.82) is 0 Å². The van der Waals surface area contributed by atoms with Crippen LogP contribution in [0.5, 0.6) is 0 Å². The molecule has 6 heteroatoms. The van der Waals surface area contributed by atoms with Gasteiger partial charge in [-0.2, -0.15) is 0 Å². The molecular formula is C10H11ClFNO3. The van der Waals surface area contributed by atoms with Crippen LogP contribution in [0.1, 0.15) is 12.5 Å². The fraction of sp³-hybridized carbons (Fsp3) is 0.300. The Labute approximate surface area is 96.7 Å². The van der Waals surface area contributed by atoms with Crippen molar-refractivity contribution in [3.05, 3.63) is 34.6 Å². The van der Waals surface area contributed by atoms with Crippen LogP contribution in [0.2, 0.25) is 5.02 Å². The third-order valence-electron chi connectivity index (χ3n) is 2.26. The third kappa shape index (κ3) is 2.62. The molecular weight excluding hydrogens is 237 g/mol. The first-order valence-electron chi connectivity index (χ1n) is 4.46. The quantitative estimate of drug-likeness (QED) is 0.765. The number of carbonyl (C=O) groups is 1. The van der Waals surface area contributed by atoms with E-state index in [1.54, 1.807) is 0 Å². The van der Waals surface area contributed by atoms with E-state index in [0.717, 1.165) is 6.07 Å². The van der Waals surface area contributed by atoms with Gasteiger partial charge in [-0.1, -0.05) is 17.7 Å². The molecule has 88 valence electrons. The summed E-state index contributed by atoms with van der Waals surface area (Å²) in [5.74, 6) is -0.596. The molecule has 3 N–H and O–H groups in total. The highest BCUT2D eigenvalue weighted by Gasteiger charge is 2.28. The van der Waals surface area contributed by atoms with Crippen molar-refractivity contribution in [3.63, 3.8) is 0 Å². The molecule has 0 saturated carbocycles. The Morgan fingerprint density at radius 3 is 2.69 bits per heavy atom. The topological polar surface area (TPSA) is 69.6 Å². The molecule has 0 radical (unpaired) electrons. The lowest BCUT2D eigenvalue weighted by molar-refractivity contribution is 0.146. The van der Waals surface area contributed by atoms with Crippen LogP contribution in [0.25, 0.3) is 0 Å². The summed E-state index contributed by atoms with van der Waals surface area (Å²) in [4.78, 5) is 10.6. The van der Waals surface area contributed by atoms with Crippen molar-refractivity contribution in [2.24, 2.45) is 0 Å². The van der Waals surface area contributed by atoms with Crippen LogP contribution in [0.4, 0.5) is 9.18 Å². The molecule has 4 nitrogen and oxygen atoms in total. The van der Waals surface area contributed by atoms with Crippen LogP contribution < -0.4 is 5.32 Å². The highest BCUT2D eigenvalue weighted by molar-refractivity contribution is 6.30. The molecule has 0 spiro atoms. The fourth-order valence-corrected chi connectivity index (χ4v) is 1.46. The van der Waals surface area contributed by atoms with E-state index >= 15 is 0 Å². The van der Waals surface area contributed by atoms with Gasteiger partial charge in [0.1, 0.15) is 5.82 Å². The number of amides is 1. The third-order valence-corrected chi connectivity index (χ3v) is 2.55. The van der Waals surface area contributed by atoms with Crippen LogP contribution in [0.15, 0.2) is 18.2 Å². The lowest BCUT2D eigenvalue weighted by atomic mass is 9.93. The number of hydrogen-bond donors (Lipinski definition) is 3. The molecule has 0 aliphatic heterocycles. The van der Waals surface area contributed by atoms with E-state index in [0.29, 0.717) is 5.56 Å². The second-order valence-electron chi connectivity index (χ2n) is 3.55. The lowest BCUT2D eigenvalue weighted by Crippen LogP contribution is -2.45. The molecule has 1 unspecified atom stereocenters. The zero-order valence-corrected chi connectivity index (χ0v) is 9.25. The number of carboxylic acid groups (broad SMARTS) is 1. The van der Waals surface area contributed by atoms with E-state index in [4.69, 9.17) is 16.7 Å². The van der Waals surface area contributed by atoms with Crippen LogP contribution >= 0.6 is 11.6 Å². The maximum absolute atomic E-state index is 12.9. The standard InChI is InChI=1S/C10H11ClFNO3/c1-10(5-14,13-9(15)16)6-2-3-8(12)7(11)4-6/h2-4,13-14H,5H2,1H3,(H,15,16). The van der Waals surface area contributed by atoms with Crippen molar-refractivity contribution < 1.29 is 19.4 Å². The van der Waals surface area contributed by atoms with E-state index in [1.807, 2.05) is 0 Å². The Morgan fingerprint density at radius 2 is 2.25 bits per heavy atom. The van der Waals surface area contributed by atoms with Gasteiger partial charge in [0.25, 0.3) is 0 Å². The summed E-state index contributed by atoms with van der Waals surface area (Å²) in [5.41, 5.74) is -0.813. The van der Waals surface area contributed by atoms with Crippen LogP contribution in [-0.2, 0) is 5.54 Å². The Hall–Kier alpha value is -1.33. The second kappa shape index (κ2) is 4.67. The maximum atomic E-state index is 12.9. The molecule has 1 atom stereocenters. The first-order chi connectivity index (χ1) is 7.39. The first kappa shape index (κ1) is 12.7. The Kier molecular flexibility index (Phi) is 3.72. The predicted molar refractivity (Wildman–Crippen MR) is 57.0 cm³/mol. The van der Waals surface area contributed by atoms with Crippen LogP contribution in [0, 0.1) is 5.82 Å². The van der Waals surface area contributed by atoms with E-state index in [9.17, 15) is 14.3 Å². The molecule has 1 rings (SSSR count). The van der Waals surface area contributed by atoms with E-state index < -0.39 is 24.1 Å². The number of aliphatic hydroxyl groups excluding tert-OH is 1. The maximum Gasteiger partial charge on any atom is 0.405 e.